The number of ether oxygens (including phenoxy) is 1. The summed E-state index contributed by atoms with van der Waals surface area (Å²) >= 11 is 0. The van der Waals surface area contributed by atoms with E-state index in [0.29, 0.717) is 5.41 Å². The molecule has 0 atom stereocenters. The first-order valence-electron chi connectivity index (χ1n) is 5.49. The first-order valence-corrected chi connectivity index (χ1v) is 5.49. The molecule has 13 heavy (non-hydrogen) atoms. The van der Waals surface area contributed by atoms with Gasteiger partial charge in [0.05, 0.1) is 13.2 Å². The van der Waals surface area contributed by atoms with Crippen molar-refractivity contribution < 1.29 is 4.74 Å². The Morgan fingerprint density at radius 2 is 1.92 bits per heavy atom. The average molecular weight is 185 g/mol. The Labute approximate surface area is 82.3 Å². The standard InChI is InChI=1S/C8H15NO.C3H8/c1-9-4-2-3-8(5-9)6-10-7-8;1-3-2/h2-7H2,1H3;3H2,1-2H3. The zero-order chi connectivity index (χ0) is 9.73. The minimum atomic E-state index is 0.576. The van der Waals surface area contributed by atoms with Crippen LogP contribution in [-0.4, -0.2) is 38.3 Å². The normalized spacial score (nSPS) is 26.1. The Hall–Kier alpha value is -0.0800. The minimum Gasteiger partial charge on any atom is -0.380 e. The third-order valence-electron chi connectivity index (χ3n) is 2.67. The zero-order valence-corrected chi connectivity index (χ0v) is 9.31. The summed E-state index contributed by atoms with van der Waals surface area (Å²) in [6.45, 7) is 8.81. The molecule has 0 aliphatic carbocycles. The van der Waals surface area contributed by atoms with Crippen molar-refractivity contribution in [1.29, 1.82) is 0 Å². The van der Waals surface area contributed by atoms with Gasteiger partial charge in [-0.05, 0) is 26.4 Å². The molecule has 2 fully saturated rings. The van der Waals surface area contributed by atoms with Gasteiger partial charge in [-0.2, -0.15) is 0 Å². The van der Waals surface area contributed by atoms with Gasteiger partial charge in [0, 0.05) is 12.0 Å². The molecular weight excluding hydrogens is 162 g/mol. The molecule has 1 spiro atoms. The van der Waals surface area contributed by atoms with E-state index in [4.69, 9.17) is 4.74 Å². The van der Waals surface area contributed by atoms with Crippen molar-refractivity contribution >= 4 is 0 Å². The van der Waals surface area contributed by atoms with Crippen LogP contribution in [0.2, 0.25) is 0 Å². The van der Waals surface area contributed by atoms with Crippen LogP contribution in [0.1, 0.15) is 33.1 Å². The third-order valence-corrected chi connectivity index (χ3v) is 2.67. The van der Waals surface area contributed by atoms with E-state index < -0.39 is 0 Å². The summed E-state index contributed by atoms with van der Waals surface area (Å²) in [7, 11) is 2.21. The van der Waals surface area contributed by atoms with Gasteiger partial charge in [-0.25, -0.2) is 0 Å². The van der Waals surface area contributed by atoms with Gasteiger partial charge in [-0.3, -0.25) is 0 Å². The molecule has 2 nitrogen and oxygen atoms in total. The molecule has 0 aromatic carbocycles. The second-order valence-corrected chi connectivity index (χ2v) is 4.54. The lowest BCUT2D eigenvalue weighted by molar-refractivity contribution is -0.140. The predicted octanol–water partition coefficient (Wildman–Crippen LogP) is 2.14. The molecule has 0 aromatic rings. The Bertz CT molecular complexity index is 143. The fourth-order valence-electron chi connectivity index (χ4n) is 2.08. The third kappa shape index (κ3) is 2.96. The average Bonchev–Trinajstić information content (AvgIpc) is 2.03. The van der Waals surface area contributed by atoms with Gasteiger partial charge in [-0.15, -0.1) is 0 Å². The molecule has 2 aliphatic heterocycles. The van der Waals surface area contributed by atoms with E-state index in [-0.39, 0.29) is 0 Å². The molecule has 2 aliphatic rings. The van der Waals surface area contributed by atoms with Crippen molar-refractivity contribution in [1.82, 2.24) is 4.90 Å². The summed E-state index contributed by atoms with van der Waals surface area (Å²) in [5.74, 6) is 0. The molecule has 0 bridgehead atoms. The molecule has 0 unspecified atom stereocenters. The molecule has 0 aromatic heterocycles. The van der Waals surface area contributed by atoms with Crippen molar-refractivity contribution in [2.24, 2.45) is 5.41 Å². The van der Waals surface area contributed by atoms with Crippen LogP contribution in [0.15, 0.2) is 0 Å². The molecule has 78 valence electrons. The summed E-state index contributed by atoms with van der Waals surface area (Å²) in [5, 5.41) is 0. The maximum Gasteiger partial charge on any atom is 0.0557 e. The van der Waals surface area contributed by atoms with E-state index in [9.17, 15) is 0 Å². The minimum absolute atomic E-state index is 0.576. The van der Waals surface area contributed by atoms with Crippen LogP contribution in [0.5, 0.6) is 0 Å². The van der Waals surface area contributed by atoms with E-state index in [2.05, 4.69) is 25.8 Å². The van der Waals surface area contributed by atoms with E-state index in [1.165, 1.54) is 32.4 Å². The molecule has 0 amide bonds. The second-order valence-electron chi connectivity index (χ2n) is 4.54. The fraction of sp³-hybridized carbons (Fsp3) is 1.00. The number of hydrogen-bond acceptors (Lipinski definition) is 2. The maximum absolute atomic E-state index is 5.24. The van der Waals surface area contributed by atoms with E-state index in [1.807, 2.05) is 0 Å². The summed E-state index contributed by atoms with van der Waals surface area (Å²) in [5.41, 5.74) is 0.576. The van der Waals surface area contributed by atoms with Crippen LogP contribution in [0.25, 0.3) is 0 Å². The lowest BCUT2D eigenvalue weighted by atomic mass is 9.78. The van der Waals surface area contributed by atoms with Crippen molar-refractivity contribution in [3.63, 3.8) is 0 Å². The van der Waals surface area contributed by atoms with Crippen LogP contribution in [0.3, 0.4) is 0 Å². The Morgan fingerprint density at radius 1 is 1.31 bits per heavy atom. The van der Waals surface area contributed by atoms with Gasteiger partial charge in [0.15, 0.2) is 0 Å². The SMILES string of the molecule is CCC.CN1CCCC2(COC2)C1. The first-order chi connectivity index (χ1) is 6.22. The monoisotopic (exact) mass is 185 g/mol. The highest BCUT2D eigenvalue weighted by Gasteiger charge is 2.40. The largest absolute Gasteiger partial charge is 0.380 e. The van der Waals surface area contributed by atoms with Crippen LogP contribution in [-0.2, 0) is 4.74 Å². The fourth-order valence-corrected chi connectivity index (χ4v) is 2.08. The molecule has 2 heteroatoms. The number of hydrogen-bond donors (Lipinski definition) is 0. The smallest absolute Gasteiger partial charge is 0.0557 e. The summed E-state index contributed by atoms with van der Waals surface area (Å²) in [4.78, 5) is 2.42. The van der Waals surface area contributed by atoms with Gasteiger partial charge in [-0.1, -0.05) is 20.3 Å². The lowest BCUT2D eigenvalue weighted by Crippen LogP contribution is -2.53. The zero-order valence-electron chi connectivity index (χ0n) is 9.31. The highest BCUT2D eigenvalue weighted by Crippen LogP contribution is 2.36. The first kappa shape index (κ1) is 11.0. The topological polar surface area (TPSA) is 12.5 Å². The van der Waals surface area contributed by atoms with Crippen LogP contribution >= 0.6 is 0 Å². The Kier molecular flexibility index (Phi) is 4.20. The molecule has 0 saturated carbocycles. The number of likely N-dealkylation sites (tertiary alicyclic amines) is 1. The van der Waals surface area contributed by atoms with Crippen LogP contribution in [0, 0.1) is 5.41 Å². The quantitative estimate of drug-likeness (QED) is 0.573. The summed E-state index contributed by atoms with van der Waals surface area (Å²) in [6, 6.07) is 0. The second kappa shape index (κ2) is 4.97. The summed E-state index contributed by atoms with van der Waals surface area (Å²) < 4.78 is 5.24. The lowest BCUT2D eigenvalue weighted by Gasteiger charge is -2.47. The van der Waals surface area contributed by atoms with Crippen molar-refractivity contribution in [2.75, 3.05) is 33.4 Å². The molecular formula is C11H23NO. The van der Waals surface area contributed by atoms with Crippen LogP contribution in [0.4, 0.5) is 0 Å². The highest BCUT2D eigenvalue weighted by molar-refractivity contribution is 4.90. The predicted molar refractivity (Wildman–Crippen MR) is 55.9 cm³/mol. The van der Waals surface area contributed by atoms with Crippen molar-refractivity contribution in [3.8, 4) is 0 Å². The van der Waals surface area contributed by atoms with Crippen molar-refractivity contribution in [3.05, 3.63) is 0 Å². The molecule has 0 N–H and O–H groups in total. The van der Waals surface area contributed by atoms with Gasteiger partial charge in [0.2, 0.25) is 0 Å². The molecule has 2 heterocycles. The van der Waals surface area contributed by atoms with Gasteiger partial charge >= 0.3 is 0 Å². The number of nitrogens with zero attached hydrogens (tertiary/aromatic N) is 1. The van der Waals surface area contributed by atoms with E-state index in [1.54, 1.807) is 0 Å². The van der Waals surface area contributed by atoms with Crippen molar-refractivity contribution in [2.45, 2.75) is 33.1 Å². The highest BCUT2D eigenvalue weighted by atomic mass is 16.5. The molecule has 2 rings (SSSR count). The molecule has 2 saturated heterocycles. The van der Waals surface area contributed by atoms with E-state index >= 15 is 0 Å². The Morgan fingerprint density at radius 3 is 2.23 bits per heavy atom. The number of piperidine rings is 1. The summed E-state index contributed by atoms with van der Waals surface area (Å²) in [6.07, 6.45) is 4.00. The van der Waals surface area contributed by atoms with Crippen LogP contribution < -0.4 is 0 Å². The Balaban J connectivity index is 0.000000251. The van der Waals surface area contributed by atoms with Gasteiger partial charge in [0.1, 0.15) is 0 Å². The molecule has 0 radical (unpaired) electrons. The van der Waals surface area contributed by atoms with Gasteiger partial charge in [0.25, 0.3) is 0 Å². The van der Waals surface area contributed by atoms with Gasteiger partial charge < -0.3 is 9.64 Å². The maximum atomic E-state index is 5.24. The van der Waals surface area contributed by atoms with E-state index in [0.717, 1.165) is 13.2 Å². The number of rotatable bonds is 0.